The highest BCUT2D eigenvalue weighted by atomic mass is 16.5. The fraction of sp³-hybridized carbons (Fsp3) is 0.567. The summed E-state index contributed by atoms with van der Waals surface area (Å²) in [6.45, 7) is 7.15. The summed E-state index contributed by atoms with van der Waals surface area (Å²) in [7, 11) is 0. The highest BCUT2D eigenvalue weighted by molar-refractivity contribution is 5.77. The summed E-state index contributed by atoms with van der Waals surface area (Å²) >= 11 is 0. The number of ether oxygens (including phenoxy) is 4. The molecule has 16 nitrogen and oxygen atoms in total. The van der Waals surface area contributed by atoms with Crippen LogP contribution < -0.4 is 10.6 Å². The highest BCUT2D eigenvalue weighted by Gasteiger charge is 2.38. The Balaban J connectivity index is 0.000000186. The standard InChI is InChI=1S/2C30H38N4O4/c2*31-19-21-9-12-25(26(18-21)27-8-2-4-17-38-27)28(30(35)36)34-15-13-24(20-34)37-16-3-1-7-23-11-10-22-6-5-14-32-29(22)33-23/h2*9-12,18,24,27-28H,1-8,13-17,20H2,(H,32,33)(H,35,36)/t24-,27?,28+;24-,27?,28-/m11/s1. The molecule has 4 N–H and O–H groups in total. The number of fused-ring (bicyclic) bond motifs is 2. The van der Waals surface area contributed by atoms with Crippen LogP contribution in [0.4, 0.5) is 11.6 Å². The number of rotatable bonds is 20. The minimum absolute atomic E-state index is 0.0238. The maximum atomic E-state index is 12.5. The van der Waals surface area contributed by atoms with Gasteiger partial charge in [-0.25, -0.2) is 9.97 Å². The maximum Gasteiger partial charge on any atom is 0.325 e. The molecule has 0 amide bonds. The second-order valence-electron chi connectivity index (χ2n) is 21.3. The first-order chi connectivity index (χ1) is 37.2. The van der Waals surface area contributed by atoms with E-state index in [9.17, 15) is 30.3 Å². The molecule has 6 aliphatic rings. The third kappa shape index (κ3) is 14.3. The highest BCUT2D eigenvalue weighted by Crippen LogP contribution is 2.39. The van der Waals surface area contributed by atoms with Gasteiger partial charge in [-0.3, -0.25) is 19.4 Å². The quantitative estimate of drug-likeness (QED) is 0.0606. The molecule has 4 saturated heterocycles. The Bertz CT molecular complexity index is 2500. The van der Waals surface area contributed by atoms with Crippen LogP contribution in [0.1, 0.15) is 170 Å². The van der Waals surface area contributed by atoms with Crippen LogP contribution in [0.5, 0.6) is 0 Å². The van der Waals surface area contributed by atoms with Gasteiger partial charge in [-0.1, -0.05) is 24.3 Å². The average molecular weight is 1040 g/mol. The number of carboxylic acids is 2. The zero-order chi connectivity index (χ0) is 52.6. The number of aliphatic carboxylic acids is 2. The zero-order valence-corrected chi connectivity index (χ0v) is 44.1. The molecule has 0 radical (unpaired) electrons. The second kappa shape index (κ2) is 27.4. The number of nitriles is 2. The van der Waals surface area contributed by atoms with Crippen LogP contribution in [0.2, 0.25) is 0 Å². The van der Waals surface area contributed by atoms with Crippen molar-refractivity contribution in [3.63, 3.8) is 0 Å². The molecule has 0 bridgehead atoms. The average Bonchev–Trinajstić information content (AvgIpc) is 4.14. The van der Waals surface area contributed by atoms with E-state index in [0.29, 0.717) is 63.7 Å². The van der Waals surface area contributed by atoms with E-state index in [-0.39, 0.29) is 24.4 Å². The molecule has 2 aromatic carbocycles. The van der Waals surface area contributed by atoms with Crippen LogP contribution in [0.25, 0.3) is 0 Å². The van der Waals surface area contributed by atoms with Crippen LogP contribution in [0, 0.1) is 22.7 Å². The minimum atomic E-state index is -0.876. The Labute approximate surface area is 448 Å². The van der Waals surface area contributed by atoms with Crippen molar-refractivity contribution in [1.29, 1.82) is 10.5 Å². The summed E-state index contributed by atoms with van der Waals surface area (Å²) in [5.41, 5.74) is 9.08. The molecule has 76 heavy (non-hydrogen) atoms. The molecule has 0 saturated carbocycles. The van der Waals surface area contributed by atoms with Crippen LogP contribution >= 0.6 is 0 Å². The Morgan fingerprint density at radius 1 is 0.618 bits per heavy atom. The molecule has 404 valence electrons. The van der Waals surface area contributed by atoms with Gasteiger partial charge in [0.25, 0.3) is 0 Å². The van der Waals surface area contributed by atoms with Gasteiger partial charge in [0.05, 0.1) is 47.7 Å². The van der Waals surface area contributed by atoms with Gasteiger partial charge in [-0.2, -0.15) is 10.5 Å². The predicted molar refractivity (Wildman–Crippen MR) is 288 cm³/mol. The first-order valence-corrected chi connectivity index (χ1v) is 28.2. The van der Waals surface area contributed by atoms with Crippen molar-refractivity contribution in [3.05, 3.63) is 117 Å². The minimum Gasteiger partial charge on any atom is -0.480 e. The summed E-state index contributed by atoms with van der Waals surface area (Å²) in [5.74, 6) is 0.341. The van der Waals surface area contributed by atoms with E-state index in [1.807, 2.05) is 34.1 Å². The van der Waals surface area contributed by atoms with Gasteiger partial charge in [-0.05, 0) is 185 Å². The number of pyridine rings is 2. The molecule has 10 rings (SSSR count). The molecule has 4 aromatic rings. The fourth-order valence-electron chi connectivity index (χ4n) is 11.9. The lowest BCUT2D eigenvalue weighted by atomic mass is 9.90. The molecular formula is C60H76N8O8. The summed E-state index contributed by atoms with van der Waals surface area (Å²) in [4.78, 5) is 38.6. The lowest BCUT2D eigenvalue weighted by Crippen LogP contribution is -2.34. The lowest BCUT2D eigenvalue weighted by molar-refractivity contribution is -0.144. The maximum absolute atomic E-state index is 12.5. The Kier molecular flexibility index (Phi) is 19.7. The number of nitrogens with one attached hydrogen (secondary N) is 2. The summed E-state index contributed by atoms with van der Waals surface area (Å²) in [5, 5.41) is 46.2. The number of hydrogen-bond donors (Lipinski definition) is 4. The monoisotopic (exact) mass is 1040 g/mol. The summed E-state index contributed by atoms with van der Waals surface area (Å²) in [6, 6.07) is 22.2. The molecule has 4 fully saturated rings. The number of carboxylic acid groups (broad SMARTS) is 2. The Morgan fingerprint density at radius 3 is 1.49 bits per heavy atom. The van der Waals surface area contributed by atoms with Crippen molar-refractivity contribution in [3.8, 4) is 12.1 Å². The van der Waals surface area contributed by atoms with Gasteiger partial charge >= 0.3 is 11.9 Å². The van der Waals surface area contributed by atoms with Crippen molar-refractivity contribution in [2.24, 2.45) is 0 Å². The number of benzene rings is 2. The molecule has 0 aliphatic carbocycles. The predicted octanol–water partition coefficient (Wildman–Crippen LogP) is 9.58. The molecular weight excluding hydrogens is 961 g/mol. The van der Waals surface area contributed by atoms with Crippen molar-refractivity contribution in [2.75, 3.05) is 76.3 Å². The van der Waals surface area contributed by atoms with Gasteiger partial charge < -0.3 is 39.8 Å². The van der Waals surface area contributed by atoms with Gasteiger partial charge in [-0.15, -0.1) is 0 Å². The molecule has 2 aromatic heterocycles. The number of aryl methyl sites for hydroxylation is 4. The fourth-order valence-corrected chi connectivity index (χ4v) is 11.9. The number of likely N-dealkylation sites (tertiary alicyclic amines) is 2. The number of hydrogen-bond acceptors (Lipinski definition) is 14. The Hall–Kier alpha value is -5.98. The van der Waals surface area contributed by atoms with Crippen molar-refractivity contribution in [2.45, 2.75) is 152 Å². The van der Waals surface area contributed by atoms with E-state index >= 15 is 0 Å². The van der Waals surface area contributed by atoms with Crippen molar-refractivity contribution < 1.29 is 38.7 Å². The number of nitrogens with zero attached hydrogens (tertiary/aromatic N) is 6. The third-order valence-electron chi connectivity index (χ3n) is 15.9. The van der Waals surface area contributed by atoms with Gasteiger partial charge in [0, 0.05) is 77.1 Å². The third-order valence-corrected chi connectivity index (χ3v) is 15.9. The summed E-state index contributed by atoms with van der Waals surface area (Å²) in [6.07, 6.45) is 17.5. The number of anilines is 2. The second-order valence-corrected chi connectivity index (χ2v) is 21.3. The van der Waals surface area contributed by atoms with Gasteiger partial charge in [0.15, 0.2) is 0 Å². The molecule has 6 atom stereocenters. The van der Waals surface area contributed by atoms with E-state index in [1.54, 1.807) is 12.1 Å². The molecule has 2 unspecified atom stereocenters. The van der Waals surface area contributed by atoms with E-state index in [1.165, 1.54) is 24.0 Å². The van der Waals surface area contributed by atoms with E-state index in [0.717, 1.165) is 161 Å². The molecule has 16 heteroatoms. The van der Waals surface area contributed by atoms with Crippen LogP contribution in [-0.2, 0) is 54.2 Å². The number of carbonyl (C=O) groups is 2. The molecule has 6 aliphatic heterocycles. The normalized spacial score (nSPS) is 22.3. The number of aromatic nitrogens is 2. The van der Waals surface area contributed by atoms with Gasteiger partial charge in [0.2, 0.25) is 0 Å². The first-order valence-electron chi connectivity index (χ1n) is 28.2. The largest absolute Gasteiger partial charge is 0.480 e. The van der Waals surface area contributed by atoms with Gasteiger partial charge in [0.1, 0.15) is 23.7 Å². The topological polar surface area (TPSA) is 215 Å². The summed E-state index contributed by atoms with van der Waals surface area (Å²) < 4.78 is 24.4. The zero-order valence-electron chi connectivity index (χ0n) is 44.1. The Morgan fingerprint density at radius 2 is 1.08 bits per heavy atom. The van der Waals surface area contributed by atoms with Crippen molar-refractivity contribution >= 4 is 23.6 Å². The van der Waals surface area contributed by atoms with E-state index in [2.05, 4.69) is 47.0 Å². The van der Waals surface area contributed by atoms with E-state index in [4.69, 9.17) is 28.9 Å². The van der Waals surface area contributed by atoms with E-state index < -0.39 is 24.0 Å². The SMILES string of the molecule is N#Cc1ccc([C@@H](C(=O)O)N2CC[C@@H](OCCCCc3ccc4c(n3)NCCC4)C2)c(C2CCCCO2)c1.N#Cc1ccc([C@H](C(=O)O)N2CC[C@@H](OCCCCc3ccc4c(n3)NCCC4)C2)c(C2CCCCO2)c1. The molecule has 8 heterocycles. The lowest BCUT2D eigenvalue weighted by Gasteiger charge is -2.30. The van der Waals surface area contributed by atoms with Crippen LogP contribution in [0.15, 0.2) is 60.7 Å². The first kappa shape index (κ1) is 54.8. The number of unbranched alkanes of at least 4 members (excludes halogenated alkanes) is 2. The van der Waals surface area contributed by atoms with Crippen molar-refractivity contribution in [1.82, 2.24) is 19.8 Å². The smallest absolute Gasteiger partial charge is 0.325 e. The molecule has 0 spiro atoms. The van der Waals surface area contributed by atoms with Crippen LogP contribution in [0.3, 0.4) is 0 Å². The van der Waals surface area contributed by atoms with Crippen LogP contribution in [-0.4, -0.2) is 120 Å².